The second-order valence-corrected chi connectivity index (χ2v) is 3.93. The molecule has 1 fully saturated rings. The highest BCUT2D eigenvalue weighted by Crippen LogP contribution is 1.93. The predicted octanol–water partition coefficient (Wildman–Crippen LogP) is -0.144. The van der Waals surface area contributed by atoms with Crippen LogP contribution < -0.4 is 10.6 Å². The molecule has 17 heavy (non-hydrogen) atoms. The van der Waals surface area contributed by atoms with Crippen molar-refractivity contribution in [1.82, 2.24) is 15.5 Å². The molecule has 6 heteroatoms. The Kier molecular flexibility index (Phi) is 10.5. The van der Waals surface area contributed by atoms with Crippen LogP contribution in [-0.4, -0.2) is 63.3 Å². The van der Waals surface area contributed by atoms with E-state index in [-0.39, 0.29) is 24.9 Å². The number of hydrogen-bond donors (Lipinski definition) is 2. The lowest BCUT2D eigenvalue weighted by Crippen LogP contribution is -2.44. The third kappa shape index (κ3) is 8.37. The Morgan fingerprint density at radius 2 is 2.12 bits per heavy atom. The molecule has 0 unspecified atom stereocenters. The fourth-order valence-corrected chi connectivity index (χ4v) is 1.71. The van der Waals surface area contributed by atoms with Crippen molar-refractivity contribution in [1.29, 1.82) is 0 Å². The Labute approximate surface area is 110 Å². The monoisotopic (exact) mass is 265 g/mol. The molecule has 1 heterocycles. The summed E-state index contributed by atoms with van der Waals surface area (Å²) in [6.45, 7) is 8.87. The summed E-state index contributed by atoms with van der Waals surface area (Å²) in [5, 5.41) is 6.17. The summed E-state index contributed by atoms with van der Waals surface area (Å²) in [4.78, 5) is 13.6. The van der Waals surface area contributed by atoms with Crippen LogP contribution in [0, 0.1) is 0 Å². The summed E-state index contributed by atoms with van der Waals surface area (Å²) < 4.78 is 5.01. The van der Waals surface area contributed by atoms with Crippen molar-refractivity contribution in [3.8, 4) is 0 Å². The van der Waals surface area contributed by atoms with Gasteiger partial charge in [0.2, 0.25) is 5.91 Å². The van der Waals surface area contributed by atoms with Crippen molar-refractivity contribution in [2.45, 2.75) is 13.3 Å². The molecule has 102 valence electrons. The Morgan fingerprint density at radius 1 is 1.41 bits per heavy atom. The average Bonchev–Trinajstić information content (AvgIpc) is 2.33. The minimum absolute atomic E-state index is 0. The molecule has 0 bridgehead atoms. The highest BCUT2D eigenvalue weighted by atomic mass is 35.5. The highest BCUT2D eigenvalue weighted by Gasteiger charge is 2.08. The predicted molar refractivity (Wildman–Crippen MR) is 70.7 cm³/mol. The number of hydrogen-bond acceptors (Lipinski definition) is 4. The number of rotatable bonds is 7. The fraction of sp³-hybridized carbons (Fsp3) is 0.909. The van der Waals surface area contributed by atoms with E-state index in [4.69, 9.17) is 4.74 Å². The van der Waals surface area contributed by atoms with Crippen LogP contribution in [0.15, 0.2) is 0 Å². The van der Waals surface area contributed by atoms with Gasteiger partial charge in [0, 0.05) is 39.3 Å². The summed E-state index contributed by atoms with van der Waals surface area (Å²) in [6.07, 6.45) is 1.01. The lowest BCUT2D eigenvalue weighted by Gasteiger charge is -2.27. The average molecular weight is 266 g/mol. The normalized spacial score (nSPS) is 16.3. The SMILES string of the molecule is CCOCC(=O)NCCCN1CCNCC1.Cl. The van der Waals surface area contributed by atoms with E-state index in [0.29, 0.717) is 6.61 Å². The van der Waals surface area contributed by atoms with Crippen molar-refractivity contribution in [2.24, 2.45) is 0 Å². The van der Waals surface area contributed by atoms with Crippen LogP contribution >= 0.6 is 12.4 Å². The second-order valence-electron chi connectivity index (χ2n) is 3.93. The van der Waals surface area contributed by atoms with Crippen molar-refractivity contribution in [3.05, 3.63) is 0 Å². The largest absolute Gasteiger partial charge is 0.372 e. The molecule has 1 saturated heterocycles. The van der Waals surface area contributed by atoms with Gasteiger partial charge in [-0.1, -0.05) is 0 Å². The van der Waals surface area contributed by atoms with E-state index in [1.807, 2.05) is 6.92 Å². The lowest BCUT2D eigenvalue weighted by atomic mass is 10.3. The molecule has 0 atom stereocenters. The van der Waals surface area contributed by atoms with E-state index < -0.39 is 0 Å². The molecule has 0 aliphatic carbocycles. The summed E-state index contributed by atoms with van der Waals surface area (Å²) in [5.74, 6) is -0.0119. The van der Waals surface area contributed by atoms with Crippen LogP contribution in [0.1, 0.15) is 13.3 Å². The Bertz CT molecular complexity index is 199. The Balaban J connectivity index is 0.00000256. The topological polar surface area (TPSA) is 53.6 Å². The standard InChI is InChI=1S/C11H23N3O2.ClH/c1-2-16-10-11(15)13-4-3-7-14-8-5-12-6-9-14;/h12H,2-10H2,1H3,(H,13,15);1H. The third-order valence-corrected chi connectivity index (χ3v) is 2.62. The van der Waals surface area contributed by atoms with Crippen LogP contribution in [-0.2, 0) is 9.53 Å². The van der Waals surface area contributed by atoms with Crippen LogP contribution in [0.3, 0.4) is 0 Å². The smallest absolute Gasteiger partial charge is 0.245 e. The van der Waals surface area contributed by atoms with Gasteiger partial charge in [-0.2, -0.15) is 0 Å². The molecule has 1 rings (SSSR count). The number of nitrogens with zero attached hydrogens (tertiary/aromatic N) is 1. The molecule has 1 aliphatic heterocycles. The number of halogens is 1. The molecular formula is C11H24ClN3O2. The molecule has 0 aromatic heterocycles. The van der Waals surface area contributed by atoms with E-state index in [1.165, 1.54) is 0 Å². The maximum Gasteiger partial charge on any atom is 0.245 e. The fourth-order valence-electron chi connectivity index (χ4n) is 1.71. The molecule has 0 spiro atoms. The molecule has 0 aromatic rings. The van der Waals surface area contributed by atoms with Gasteiger partial charge in [-0.3, -0.25) is 4.79 Å². The zero-order chi connectivity index (χ0) is 11.6. The van der Waals surface area contributed by atoms with Crippen molar-refractivity contribution in [3.63, 3.8) is 0 Å². The summed E-state index contributed by atoms with van der Waals surface area (Å²) in [7, 11) is 0. The number of amides is 1. The minimum Gasteiger partial charge on any atom is -0.372 e. The highest BCUT2D eigenvalue weighted by molar-refractivity contribution is 5.85. The quantitative estimate of drug-likeness (QED) is 0.629. The van der Waals surface area contributed by atoms with E-state index >= 15 is 0 Å². The molecule has 5 nitrogen and oxygen atoms in total. The van der Waals surface area contributed by atoms with Crippen LogP contribution in [0.2, 0.25) is 0 Å². The van der Waals surface area contributed by atoms with Gasteiger partial charge in [-0.05, 0) is 19.9 Å². The lowest BCUT2D eigenvalue weighted by molar-refractivity contribution is -0.125. The zero-order valence-corrected chi connectivity index (χ0v) is 11.4. The van der Waals surface area contributed by atoms with Crippen molar-refractivity contribution >= 4 is 18.3 Å². The van der Waals surface area contributed by atoms with Crippen LogP contribution in [0.5, 0.6) is 0 Å². The Hall–Kier alpha value is -0.360. The zero-order valence-electron chi connectivity index (χ0n) is 10.5. The van der Waals surface area contributed by atoms with Crippen molar-refractivity contribution in [2.75, 3.05) is 52.5 Å². The molecule has 1 amide bonds. The summed E-state index contributed by atoms with van der Waals surface area (Å²) >= 11 is 0. The first-order chi connectivity index (χ1) is 7.83. The van der Waals surface area contributed by atoms with Gasteiger partial charge < -0.3 is 20.3 Å². The van der Waals surface area contributed by atoms with Crippen LogP contribution in [0.4, 0.5) is 0 Å². The van der Waals surface area contributed by atoms with Gasteiger partial charge in [0.1, 0.15) is 6.61 Å². The van der Waals surface area contributed by atoms with Crippen LogP contribution in [0.25, 0.3) is 0 Å². The number of piperazine rings is 1. The Morgan fingerprint density at radius 3 is 2.76 bits per heavy atom. The van der Waals surface area contributed by atoms with E-state index in [9.17, 15) is 4.79 Å². The molecule has 0 radical (unpaired) electrons. The maximum atomic E-state index is 11.2. The molecule has 1 aliphatic rings. The number of carbonyl (C=O) groups excluding carboxylic acids is 1. The first-order valence-electron chi connectivity index (χ1n) is 6.10. The van der Waals surface area contributed by atoms with E-state index in [0.717, 1.165) is 45.7 Å². The van der Waals surface area contributed by atoms with Gasteiger partial charge in [-0.15, -0.1) is 12.4 Å². The van der Waals surface area contributed by atoms with Gasteiger partial charge in [0.15, 0.2) is 0 Å². The molecule has 0 saturated carbocycles. The number of carbonyl (C=O) groups is 1. The summed E-state index contributed by atoms with van der Waals surface area (Å²) in [5.41, 5.74) is 0. The maximum absolute atomic E-state index is 11.2. The van der Waals surface area contributed by atoms with E-state index in [1.54, 1.807) is 0 Å². The first kappa shape index (κ1) is 16.6. The minimum atomic E-state index is -0.0119. The molecule has 0 aromatic carbocycles. The number of ether oxygens (including phenoxy) is 1. The van der Waals surface area contributed by atoms with E-state index in [2.05, 4.69) is 15.5 Å². The van der Waals surface area contributed by atoms with Gasteiger partial charge in [0.05, 0.1) is 0 Å². The first-order valence-corrected chi connectivity index (χ1v) is 6.10. The molecular weight excluding hydrogens is 242 g/mol. The third-order valence-electron chi connectivity index (χ3n) is 2.62. The van der Waals surface area contributed by atoms with Crippen molar-refractivity contribution < 1.29 is 9.53 Å². The number of nitrogens with one attached hydrogen (secondary N) is 2. The van der Waals surface area contributed by atoms with Gasteiger partial charge in [-0.25, -0.2) is 0 Å². The second kappa shape index (κ2) is 10.8. The summed E-state index contributed by atoms with van der Waals surface area (Å²) in [6, 6.07) is 0. The van der Waals surface area contributed by atoms with Gasteiger partial charge in [0.25, 0.3) is 0 Å². The van der Waals surface area contributed by atoms with Gasteiger partial charge >= 0.3 is 0 Å². The molecule has 2 N–H and O–H groups in total.